The van der Waals surface area contributed by atoms with Gasteiger partial charge in [0.05, 0.1) is 12.3 Å². The summed E-state index contributed by atoms with van der Waals surface area (Å²) < 4.78 is 7.22. The Hall–Kier alpha value is -3.33. The van der Waals surface area contributed by atoms with Crippen LogP contribution in [0, 0.1) is 0 Å². The number of hydrogen-bond donors (Lipinski definition) is 2. The number of nitrogens with zero attached hydrogens (tertiary/aromatic N) is 5. The van der Waals surface area contributed by atoms with Gasteiger partial charge in [0.15, 0.2) is 0 Å². The lowest BCUT2D eigenvalue weighted by Gasteiger charge is -2.09. The number of anilines is 2. The van der Waals surface area contributed by atoms with Crippen molar-refractivity contribution in [1.29, 1.82) is 0 Å². The minimum absolute atomic E-state index is 0.357. The zero-order valence-electron chi connectivity index (χ0n) is 15.6. The Bertz CT molecular complexity index is 969. The highest BCUT2D eigenvalue weighted by Gasteiger charge is 2.17. The zero-order chi connectivity index (χ0) is 19.3. The fourth-order valence-corrected chi connectivity index (χ4v) is 3.20. The molecule has 0 aliphatic carbocycles. The summed E-state index contributed by atoms with van der Waals surface area (Å²) in [5.41, 5.74) is 2.50. The molecule has 4 rings (SSSR count). The smallest absolute Gasteiger partial charge is 0.324 e. The largest absolute Gasteiger partial charge is 0.378 e. The van der Waals surface area contributed by atoms with Crippen molar-refractivity contribution in [3.05, 3.63) is 59.6 Å². The first-order valence-electron chi connectivity index (χ1n) is 9.09. The molecule has 0 fully saturated rings. The van der Waals surface area contributed by atoms with E-state index in [4.69, 9.17) is 4.74 Å². The number of hydrogen-bond acceptors (Lipinski definition) is 6. The highest BCUT2D eigenvalue weighted by molar-refractivity contribution is 5.99. The second kappa shape index (κ2) is 8.13. The monoisotopic (exact) mass is 379 g/mol. The summed E-state index contributed by atoms with van der Waals surface area (Å²) in [5.74, 6) is 2.47. The number of nitrogens with one attached hydrogen (secondary N) is 2. The number of ether oxygens (including phenoxy) is 1. The van der Waals surface area contributed by atoms with Crippen LogP contribution in [0.1, 0.15) is 29.3 Å². The molecule has 0 atom stereocenters. The van der Waals surface area contributed by atoms with E-state index in [1.165, 1.54) is 6.33 Å². The molecule has 0 spiro atoms. The molecule has 2 aromatic heterocycles. The Kier molecular flexibility index (Phi) is 5.24. The van der Waals surface area contributed by atoms with Crippen LogP contribution in [0.2, 0.25) is 0 Å². The van der Waals surface area contributed by atoms with Gasteiger partial charge in [-0.05, 0) is 24.1 Å². The van der Waals surface area contributed by atoms with Crippen molar-refractivity contribution in [3.8, 4) is 0 Å². The maximum Gasteiger partial charge on any atom is 0.324 e. The molecule has 28 heavy (non-hydrogen) atoms. The number of urea groups is 1. The third-order valence-electron chi connectivity index (χ3n) is 4.52. The lowest BCUT2D eigenvalue weighted by Crippen LogP contribution is -2.20. The quantitative estimate of drug-likeness (QED) is 0.681. The van der Waals surface area contributed by atoms with Crippen LogP contribution in [-0.2, 0) is 30.7 Å². The van der Waals surface area contributed by atoms with Crippen LogP contribution in [0.25, 0.3) is 0 Å². The summed E-state index contributed by atoms with van der Waals surface area (Å²) >= 11 is 0. The van der Waals surface area contributed by atoms with Crippen molar-refractivity contribution in [1.82, 2.24) is 24.7 Å². The topological polar surface area (TPSA) is 107 Å². The van der Waals surface area contributed by atoms with E-state index < -0.39 is 0 Å². The standard InChI is InChI=1S/C19H21N7O2/c1-28-11-15-10-16(21-12-20-15)23-19(27)22-14-6-4-13(5-7-14)9-18-25-24-17-3-2-8-26(17)18/h4-7,10,12H,2-3,8-9,11H2,1H3,(H2,20,21,22,23,27). The summed E-state index contributed by atoms with van der Waals surface area (Å²) in [6.45, 7) is 1.35. The minimum Gasteiger partial charge on any atom is -0.378 e. The number of aromatic nitrogens is 5. The number of carbonyl (C=O) groups is 1. The van der Waals surface area contributed by atoms with E-state index in [9.17, 15) is 4.79 Å². The van der Waals surface area contributed by atoms with Crippen LogP contribution in [0.15, 0.2) is 36.7 Å². The van der Waals surface area contributed by atoms with Crippen LogP contribution in [0.5, 0.6) is 0 Å². The molecule has 0 radical (unpaired) electrons. The minimum atomic E-state index is -0.370. The molecule has 144 valence electrons. The summed E-state index contributed by atoms with van der Waals surface area (Å²) in [5, 5.41) is 14.0. The summed E-state index contributed by atoms with van der Waals surface area (Å²) in [4.78, 5) is 20.3. The molecule has 9 nitrogen and oxygen atoms in total. The molecule has 0 saturated carbocycles. The maximum atomic E-state index is 12.2. The molecule has 9 heteroatoms. The van der Waals surface area contributed by atoms with Crippen molar-refractivity contribution in [2.24, 2.45) is 0 Å². The predicted molar refractivity (Wildman–Crippen MR) is 103 cm³/mol. The van der Waals surface area contributed by atoms with E-state index in [0.29, 0.717) is 23.8 Å². The number of carbonyl (C=O) groups excluding carboxylic acids is 1. The summed E-state index contributed by atoms with van der Waals surface area (Å²) in [7, 11) is 1.59. The van der Waals surface area contributed by atoms with Crippen molar-refractivity contribution in [2.45, 2.75) is 32.4 Å². The van der Waals surface area contributed by atoms with Gasteiger partial charge < -0.3 is 14.6 Å². The van der Waals surface area contributed by atoms with Crippen LogP contribution < -0.4 is 10.6 Å². The molecule has 1 aromatic carbocycles. The van der Waals surface area contributed by atoms with Gasteiger partial charge in [0.2, 0.25) is 0 Å². The number of rotatable bonds is 6. The number of methoxy groups -OCH3 is 1. The van der Waals surface area contributed by atoms with E-state index in [1.807, 2.05) is 24.3 Å². The number of fused-ring (bicyclic) bond motifs is 1. The third-order valence-corrected chi connectivity index (χ3v) is 4.52. The molecule has 2 N–H and O–H groups in total. The first-order valence-corrected chi connectivity index (χ1v) is 9.09. The molecular formula is C19H21N7O2. The Morgan fingerprint density at radius 1 is 1.18 bits per heavy atom. The lowest BCUT2D eigenvalue weighted by atomic mass is 10.1. The van der Waals surface area contributed by atoms with Crippen LogP contribution in [-0.4, -0.2) is 37.9 Å². The third kappa shape index (κ3) is 4.15. The maximum absolute atomic E-state index is 12.2. The first kappa shape index (κ1) is 18.1. The van der Waals surface area contributed by atoms with Gasteiger partial charge >= 0.3 is 6.03 Å². The molecule has 1 aliphatic rings. The Balaban J connectivity index is 1.35. The van der Waals surface area contributed by atoms with Gasteiger partial charge in [-0.3, -0.25) is 5.32 Å². The van der Waals surface area contributed by atoms with Crippen molar-refractivity contribution < 1.29 is 9.53 Å². The average molecular weight is 379 g/mol. The van der Waals surface area contributed by atoms with Crippen molar-refractivity contribution in [2.75, 3.05) is 17.7 Å². The van der Waals surface area contributed by atoms with Gasteiger partial charge in [0.1, 0.15) is 23.8 Å². The van der Waals surface area contributed by atoms with E-state index in [2.05, 4.69) is 35.4 Å². The molecule has 2 amide bonds. The van der Waals surface area contributed by atoms with E-state index in [-0.39, 0.29) is 6.03 Å². The van der Waals surface area contributed by atoms with Gasteiger partial charge in [-0.1, -0.05) is 12.1 Å². The average Bonchev–Trinajstić information content (AvgIpc) is 3.29. The first-order chi connectivity index (χ1) is 13.7. The van der Waals surface area contributed by atoms with Crippen molar-refractivity contribution in [3.63, 3.8) is 0 Å². The molecular weight excluding hydrogens is 358 g/mol. The fourth-order valence-electron chi connectivity index (χ4n) is 3.20. The summed E-state index contributed by atoms with van der Waals surface area (Å²) in [6, 6.07) is 8.99. The molecule has 0 bridgehead atoms. The second-order valence-electron chi connectivity index (χ2n) is 6.57. The predicted octanol–water partition coefficient (Wildman–Crippen LogP) is 2.40. The highest BCUT2D eigenvalue weighted by Crippen LogP contribution is 2.18. The normalized spacial score (nSPS) is 12.6. The van der Waals surface area contributed by atoms with E-state index in [0.717, 1.165) is 43.0 Å². The Morgan fingerprint density at radius 2 is 2.04 bits per heavy atom. The Morgan fingerprint density at radius 3 is 2.86 bits per heavy atom. The number of amides is 2. The van der Waals surface area contributed by atoms with Crippen LogP contribution in [0.4, 0.5) is 16.3 Å². The second-order valence-corrected chi connectivity index (χ2v) is 6.57. The number of aryl methyl sites for hydroxylation is 1. The van der Waals surface area contributed by atoms with E-state index in [1.54, 1.807) is 13.2 Å². The van der Waals surface area contributed by atoms with Gasteiger partial charge in [0.25, 0.3) is 0 Å². The van der Waals surface area contributed by atoms with Gasteiger partial charge in [-0.15, -0.1) is 10.2 Å². The van der Waals surface area contributed by atoms with Gasteiger partial charge in [-0.25, -0.2) is 14.8 Å². The molecule has 0 saturated heterocycles. The number of benzene rings is 1. The molecule has 3 heterocycles. The molecule has 3 aromatic rings. The van der Waals surface area contributed by atoms with Crippen LogP contribution in [0.3, 0.4) is 0 Å². The fraction of sp³-hybridized carbons (Fsp3) is 0.316. The van der Waals surface area contributed by atoms with Crippen molar-refractivity contribution >= 4 is 17.5 Å². The molecule has 0 unspecified atom stereocenters. The van der Waals surface area contributed by atoms with Crippen LogP contribution >= 0.6 is 0 Å². The van der Waals surface area contributed by atoms with E-state index >= 15 is 0 Å². The van der Waals surface area contributed by atoms with Gasteiger partial charge in [-0.2, -0.15) is 0 Å². The zero-order valence-corrected chi connectivity index (χ0v) is 15.6. The lowest BCUT2D eigenvalue weighted by molar-refractivity contribution is 0.181. The SMILES string of the molecule is COCc1cc(NC(=O)Nc2ccc(Cc3nnc4n3CCC4)cc2)ncn1. The highest BCUT2D eigenvalue weighted by atomic mass is 16.5. The summed E-state index contributed by atoms with van der Waals surface area (Å²) in [6.07, 6.45) is 4.25. The molecule has 1 aliphatic heterocycles. The van der Waals surface area contributed by atoms with Gasteiger partial charge in [0, 0.05) is 38.2 Å². The Labute approximate surface area is 162 Å².